The molecule has 24 heavy (non-hydrogen) atoms. The third-order valence-corrected chi connectivity index (χ3v) is 5.98. The summed E-state index contributed by atoms with van der Waals surface area (Å²) in [4.78, 5) is 4.63. The van der Waals surface area contributed by atoms with Crippen molar-refractivity contribution in [1.82, 2.24) is 0 Å². The van der Waals surface area contributed by atoms with Gasteiger partial charge in [-0.05, 0) is 67.6 Å². The molecule has 1 aromatic rings. The van der Waals surface area contributed by atoms with Crippen LogP contribution in [0.1, 0.15) is 56.9 Å². The van der Waals surface area contributed by atoms with E-state index >= 15 is 0 Å². The Morgan fingerprint density at radius 2 is 2.12 bits per heavy atom. The molecular formula is C20H25F2NS. The highest BCUT2D eigenvalue weighted by Crippen LogP contribution is 2.49. The lowest BCUT2D eigenvalue weighted by Gasteiger charge is -2.02. The molecule has 2 fully saturated rings. The SMILES string of the molecule is CCCC(=N/C=C\CC1CC1c1ccc(F)c(F)c1)SCC1CC1. The third-order valence-electron chi connectivity index (χ3n) is 4.70. The molecule has 0 radical (unpaired) electrons. The molecule has 0 aromatic heterocycles. The minimum Gasteiger partial charge on any atom is -0.255 e. The van der Waals surface area contributed by atoms with E-state index in [1.165, 1.54) is 35.8 Å². The molecule has 2 atom stereocenters. The average molecular weight is 349 g/mol. The summed E-state index contributed by atoms with van der Waals surface area (Å²) < 4.78 is 26.3. The van der Waals surface area contributed by atoms with Gasteiger partial charge < -0.3 is 0 Å². The zero-order valence-electron chi connectivity index (χ0n) is 14.2. The van der Waals surface area contributed by atoms with Gasteiger partial charge in [0.25, 0.3) is 0 Å². The second-order valence-corrected chi connectivity index (χ2v) is 8.02. The number of allylic oxidation sites excluding steroid dienone is 1. The Morgan fingerprint density at radius 1 is 1.29 bits per heavy atom. The van der Waals surface area contributed by atoms with Gasteiger partial charge in [-0.15, -0.1) is 11.8 Å². The number of halogens is 2. The van der Waals surface area contributed by atoms with Crippen LogP contribution >= 0.6 is 11.8 Å². The number of nitrogens with zero attached hydrogens (tertiary/aromatic N) is 1. The first kappa shape index (κ1) is 17.7. The van der Waals surface area contributed by atoms with Crippen LogP contribution in [-0.4, -0.2) is 10.8 Å². The van der Waals surface area contributed by atoms with Crippen molar-refractivity contribution in [3.63, 3.8) is 0 Å². The van der Waals surface area contributed by atoms with Crippen LogP contribution in [0.3, 0.4) is 0 Å². The van der Waals surface area contributed by atoms with E-state index in [1.807, 2.05) is 18.0 Å². The van der Waals surface area contributed by atoms with Crippen molar-refractivity contribution in [2.45, 2.75) is 51.4 Å². The van der Waals surface area contributed by atoms with E-state index in [0.29, 0.717) is 11.8 Å². The van der Waals surface area contributed by atoms with Gasteiger partial charge in [-0.3, -0.25) is 4.99 Å². The van der Waals surface area contributed by atoms with Crippen LogP contribution in [0, 0.1) is 23.5 Å². The summed E-state index contributed by atoms with van der Waals surface area (Å²) in [6.07, 6.45) is 11.0. The van der Waals surface area contributed by atoms with Gasteiger partial charge in [-0.1, -0.05) is 25.5 Å². The molecule has 0 heterocycles. The summed E-state index contributed by atoms with van der Waals surface area (Å²) in [5, 5.41) is 1.24. The minimum absolute atomic E-state index is 0.369. The molecule has 1 aromatic carbocycles. The molecule has 2 unspecified atom stereocenters. The highest BCUT2D eigenvalue weighted by molar-refractivity contribution is 8.13. The largest absolute Gasteiger partial charge is 0.255 e. The normalized spacial score (nSPS) is 23.9. The highest BCUT2D eigenvalue weighted by atomic mass is 32.2. The quantitative estimate of drug-likeness (QED) is 0.395. The Kier molecular flexibility index (Phi) is 6.09. The Bertz CT molecular complexity index is 622. The zero-order valence-corrected chi connectivity index (χ0v) is 15.0. The van der Waals surface area contributed by atoms with Gasteiger partial charge in [0.2, 0.25) is 0 Å². The summed E-state index contributed by atoms with van der Waals surface area (Å²) in [7, 11) is 0. The smallest absolute Gasteiger partial charge is 0.159 e. The van der Waals surface area contributed by atoms with Crippen LogP contribution in [0.15, 0.2) is 35.5 Å². The van der Waals surface area contributed by atoms with E-state index in [4.69, 9.17) is 0 Å². The topological polar surface area (TPSA) is 12.4 Å². The molecular weight excluding hydrogens is 324 g/mol. The van der Waals surface area contributed by atoms with Gasteiger partial charge in [-0.2, -0.15) is 0 Å². The molecule has 0 aliphatic heterocycles. The zero-order chi connectivity index (χ0) is 16.9. The lowest BCUT2D eigenvalue weighted by Crippen LogP contribution is -1.94. The molecule has 0 saturated heterocycles. The number of thioether (sulfide) groups is 1. The van der Waals surface area contributed by atoms with E-state index < -0.39 is 11.6 Å². The second-order valence-electron chi connectivity index (χ2n) is 6.92. The van der Waals surface area contributed by atoms with Gasteiger partial charge in [-0.25, -0.2) is 8.78 Å². The van der Waals surface area contributed by atoms with Gasteiger partial charge in [0, 0.05) is 12.0 Å². The Hall–Kier alpha value is -1.16. The van der Waals surface area contributed by atoms with Crippen molar-refractivity contribution in [2.24, 2.45) is 16.8 Å². The molecule has 0 spiro atoms. The highest BCUT2D eigenvalue weighted by Gasteiger charge is 2.37. The van der Waals surface area contributed by atoms with Crippen molar-refractivity contribution in [3.8, 4) is 0 Å². The summed E-state index contributed by atoms with van der Waals surface area (Å²) in [5.74, 6) is 1.54. The Balaban J connectivity index is 1.45. The lowest BCUT2D eigenvalue weighted by atomic mass is 10.1. The second kappa shape index (κ2) is 8.28. The van der Waals surface area contributed by atoms with Gasteiger partial charge in [0.15, 0.2) is 11.6 Å². The lowest BCUT2D eigenvalue weighted by molar-refractivity contribution is 0.507. The molecule has 130 valence electrons. The van der Waals surface area contributed by atoms with Crippen molar-refractivity contribution >= 4 is 16.8 Å². The molecule has 2 aliphatic rings. The first-order valence-corrected chi connectivity index (χ1v) is 9.95. The van der Waals surface area contributed by atoms with E-state index in [1.54, 1.807) is 6.07 Å². The van der Waals surface area contributed by atoms with Crippen LogP contribution in [0.5, 0.6) is 0 Å². The number of benzene rings is 1. The fourth-order valence-corrected chi connectivity index (χ4v) is 4.16. The number of hydrogen-bond donors (Lipinski definition) is 0. The summed E-state index contributed by atoms with van der Waals surface area (Å²) in [6.45, 7) is 2.19. The third kappa shape index (κ3) is 5.17. The maximum atomic E-state index is 13.3. The monoisotopic (exact) mass is 349 g/mol. The molecule has 3 rings (SSSR count). The van der Waals surface area contributed by atoms with E-state index in [0.717, 1.165) is 37.2 Å². The first-order valence-electron chi connectivity index (χ1n) is 8.96. The predicted molar refractivity (Wildman–Crippen MR) is 98.5 cm³/mol. The molecule has 0 N–H and O–H groups in total. The van der Waals surface area contributed by atoms with E-state index in [2.05, 4.69) is 18.0 Å². The molecule has 0 amide bonds. The molecule has 2 aliphatic carbocycles. The van der Waals surface area contributed by atoms with Crippen molar-refractivity contribution in [3.05, 3.63) is 47.7 Å². The average Bonchev–Trinajstić information content (AvgIpc) is 3.46. The van der Waals surface area contributed by atoms with Crippen molar-refractivity contribution in [1.29, 1.82) is 0 Å². The fourth-order valence-electron chi connectivity index (χ4n) is 2.92. The minimum atomic E-state index is -0.766. The van der Waals surface area contributed by atoms with Gasteiger partial charge in [0.1, 0.15) is 0 Å². The van der Waals surface area contributed by atoms with Crippen LogP contribution in [-0.2, 0) is 0 Å². The van der Waals surface area contributed by atoms with Gasteiger partial charge >= 0.3 is 0 Å². The fraction of sp³-hybridized carbons (Fsp3) is 0.550. The molecule has 1 nitrogen and oxygen atoms in total. The van der Waals surface area contributed by atoms with E-state index in [9.17, 15) is 8.78 Å². The number of aliphatic imine (C=N–C) groups is 1. The molecule has 4 heteroatoms. The number of hydrogen-bond acceptors (Lipinski definition) is 2. The van der Waals surface area contributed by atoms with Crippen LogP contribution in [0.4, 0.5) is 8.78 Å². The van der Waals surface area contributed by atoms with Crippen LogP contribution in [0.25, 0.3) is 0 Å². The Morgan fingerprint density at radius 3 is 2.83 bits per heavy atom. The first-order chi connectivity index (χ1) is 11.7. The summed E-state index contributed by atoms with van der Waals surface area (Å²) in [5.41, 5.74) is 0.919. The van der Waals surface area contributed by atoms with Gasteiger partial charge in [0.05, 0.1) is 5.04 Å². The van der Waals surface area contributed by atoms with Crippen molar-refractivity contribution < 1.29 is 8.78 Å². The van der Waals surface area contributed by atoms with Crippen molar-refractivity contribution in [2.75, 3.05) is 5.75 Å². The van der Waals surface area contributed by atoms with Crippen LogP contribution in [0.2, 0.25) is 0 Å². The van der Waals surface area contributed by atoms with E-state index in [-0.39, 0.29) is 0 Å². The molecule has 0 bridgehead atoms. The maximum absolute atomic E-state index is 13.3. The molecule has 2 saturated carbocycles. The predicted octanol–water partition coefficient (Wildman–Crippen LogP) is 6.31. The maximum Gasteiger partial charge on any atom is 0.159 e. The Labute approximate surface area is 147 Å². The summed E-state index contributed by atoms with van der Waals surface area (Å²) in [6, 6.07) is 4.28. The van der Waals surface area contributed by atoms with Crippen LogP contribution < -0.4 is 0 Å². The summed E-state index contributed by atoms with van der Waals surface area (Å²) >= 11 is 1.91. The number of rotatable bonds is 8. The standard InChI is InChI=1S/C20H25F2NS/c1-2-4-20(24-13-14-6-7-14)23-10-3-5-15-11-17(15)16-8-9-18(21)19(22)12-16/h3,8-10,12,14-15,17H,2,4-7,11,13H2,1H3/b10-3-,23-20?.